The molecule has 1 heterocycles. The molecule has 7 heteroatoms. The van der Waals surface area contributed by atoms with Gasteiger partial charge in [-0.1, -0.05) is 26.7 Å². The fraction of sp³-hybridized carbons (Fsp3) is 0.562. The minimum Gasteiger partial charge on any atom is -0.480 e. The van der Waals surface area contributed by atoms with Gasteiger partial charge in [-0.3, -0.25) is 9.59 Å². The Morgan fingerprint density at radius 1 is 1.26 bits per heavy atom. The summed E-state index contributed by atoms with van der Waals surface area (Å²) >= 11 is 1.31. The van der Waals surface area contributed by atoms with E-state index in [-0.39, 0.29) is 5.91 Å². The van der Waals surface area contributed by atoms with Gasteiger partial charge in [0.2, 0.25) is 5.91 Å². The Bertz CT molecular complexity index is 568. The number of carboxylic acid groups (broad SMARTS) is 1. The molecule has 1 aromatic rings. The maximum Gasteiger partial charge on any atom is 0.326 e. The summed E-state index contributed by atoms with van der Waals surface area (Å²) in [7, 11) is 0. The first-order chi connectivity index (χ1) is 10.9. The number of aryl methyl sites for hydroxylation is 1. The average molecular weight is 340 g/mol. The van der Waals surface area contributed by atoms with Crippen LogP contribution in [-0.4, -0.2) is 28.9 Å². The van der Waals surface area contributed by atoms with Gasteiger partial charge in [-0.25, -0.2) is 4.79 Å². The van der Waals surface area contributed by atoms with Gasteiger partial charge in [0.1, 0.15) is 11.0 Å². The number of nitrogens with one attached hydrogen (secondary N) is 2. The van der Waals surface area contributed by atoms with Gasteiger partial charge in [-0.15, -0.1) is 11.3 Å². The number of rotatable bonds is 9. The topological polar surface area (TPSA) is 95.5 Å². The van der Waals surface area contributed by atoms with E-state index in [2.05, 4.69) is 10.6 Å². The largest absolute Gasteiger partial charge is 0.480 e. The zero-order valence-corrected chi connectivity index (χ0v) is 14.6. The number of carbonyl (C=O) groups is 3. The number of amides is 2. The lowest BCUT2D eigenvalue weighted by molar-refractivity contribution is -0.139. The summed E-state index contributed by atoms with van der Waals surface area (Å²) in [6, 6.07) is 0.752. The first kappa shape index (κ1) is 19.2. The molecule has 0 bridgehead atoms. The van der Waals surface area contributed by atoms with E-state index >= 15 is 0 Å². The van der Waals surface area contributed by atoms with Crippen molar-refractivity contribution < 1.29 is 19.5 Å². The lowest BCUT2D eigenvalue weighted by atomic mass is 10.1. The summed E-state index contributed by atoms with van der Waals surface area (Å²) in [4.78, 5) is 36.2. The van der Waals surface area contributed by atoms with Crippen LogP contribution < -0.4 is 10.6 Å². The molecular weight excluding hydrogens is 316 g/mol. The van der Waals surface area contributed by atoms with Gasteiger partial charge in [-0.05, 0) is 25.8 Å². The molecule has 0 saturated carbocycles. The van der Waals surface area contributed by atoms with Gasteiger partial charge >= 0.3 is 5.97 Å². The number of aliphatic carboxylic acids is 1. The van der Waals surface area contributed by atoms with Crippen LogP contribution in [0.4, 0.5) is 5.00 Å². The standard InChI is InChI=1S/C16H24N2O4S/c1-4-6-8-12(16(21)22)17-14(20)11-9-10(3)23-15(11)18-13(19)7-5-2/h9,12H,4-8H2,1-3H3,(H,17,20)(H,18,19)(H,21,22). The van der Waals surface area contributed by atoms with E-state index in [1.807, 2.05) is 20.8 Å². The Kier molecular flexibility index (Phi) is 7.74. The molecule has 0 aliphatic heterocycles. The van der Waals surface area contributed by atoms with Gasteiger partial charge in [-0.2, -0.15) is 0 Å². The number of hydrogen-bond donors (Lipinski definition) is 3. The number of hydrogen-bond acceptors (Lipinski definition) is 4. The molecule has 1 rings (SSSR count). The summed E-state index contributed by atoms with van der Waals surface area (Å²) in [5.41, 5.74) is 0.319. The van der Waals surface area contributed by atoms with Crippen LogP contribution in [-0.2, 0) is 9.59 Å². The van der Waals surface area contributed by atoms with Crippen molar-refractivity contribution in [3.63, 3.8) is 0 Å². The smallest absolute Gasteiger partial charge is 0.326 e. The van der Waals surface area contributed by atoms with Crippen LogP contribution in [0.15, 0.2) is 6.07 Å². The van der Waals surface area contributed by atoms with Gasteiger partial charge in [0.05, 0.1) is 5.56 Å². The fourth-order valence-electron chi connectivity index (χ4n) is 2.09. The molecule has 1 unspecified atom stereocenters. The average Bonchev–Trinajstić information content (AvgIpc) is 2.83. The highest BCUT2D eigenvalue weighted by atomic mass is 32.1. The molecule has 1 atom stereocenters. The first-order valence-electron chi connectivity index (χ1n) is 7.82. The van der Waals surface area contributed by atoms with E-state index in [9.17, 15) is 19.5 Å². The van der Waals surface area contributed by atoms with E-state index in [0.29, 0.717) is 23.4 Å². The molecule has 0 radical (unpaired) electrons. The minimum atomic E-state index is -1.05. The van der Waals surface area contributed by atoms with Crippen LogP contribution >= 0.6 is 11.3 Å². The van der Waals surface area contributed by atoms with Crippen molar-refractivity contribution in [2.24, 2.45) is 0 Å². The lowest BCUT2D eigenvalue weighted by Gasteiger charge is -2.14. The van der Waals surface area contributed by atoms with E-state index in [0.717, 1.165) is 24.1 Å². The van der Waals surface area contributed by atoms with Gasteiger partial charge in [0.15, 0.2) is 0 Å². The van der Waals surface area contributed by atoms with Gasteiger partial charge < -0.3 is 15.7 Å². The van der Waals surface area contributed by atoms with E-state index < -0.39 is 17.9 Å². The predicted octanol–water partition coefficient (Wildman–Crippen LogP) is 3.17. The maximum absolute atomic E-state index is 12.4. The highest BCUT2D eigenvalue weighted by molar-refractivity contribution is 7.16. The normalized spacial score (nSPS) is 11.8. The first-order valence-corrected chi connectivity index (χ1v) is 8.64. The molecule has 0 aliphatic rings. The molecule has 23 heavy (non-hydrogen) atoms. The zero-order chi connectivity index (χ0) is 17.4. The Labute approximate surface area is 140 Å². The summed E-state index contributed by atoms with van der Waals surface area (Å²) < 4.78 is 0. The molecule has 1 aromatic heterocycles. The molecule has 128 valence electrons. The molecule has 0 spiro atoms. The molecule has 0 fully saturated rings. The lowest BCUT2D eigenvalue weighted by Crippen LogP contribution is -2.40. The number of thiophene rings is 1. The summed E-state index contributed by atoms with van der Waals surface area (Å²) in [5.74, 6) is -1.66. The fourth-order valence-corrected chi connectivity index (χ4v) is 3.02. The quantitative estimate of drug-likeness (QED) is 0.643. The van der Waals surface area contributed by atoms with Crippen molar-refractivity contribution in [3.8, 4) is 0 Å². The van der Waals surface area contributed by atoms with Gasteiger partial charge in [0, 0.05) is 11.3 Å². The minimum absolute atomic E-state index is 0.149. The Morgan fingerprint density at radius 2 is 1.96 bits per heavy atom. The molecule has 3 N–H and O–H groups in total. The van der Waals surface area contributed by atoms with Crippen molar-refractivity contribution in [1.29, 1.82) is 0 Å². The van der Waals surface area contributed by atoms with Crippen LogP contribution in [0.25, 0.3) is 0 Å². The number of anilines is 1. The number of carbonyl (C=O) groups excluding carboxylic acids is 2. The third-order valence-corrected chi connectivity index (χ3v) is 4.25. The zero-order valence-electron chi connectivity index (χ0n) is 13.8. The third-order valence-electron chi connectivity index (χ3n) is 3.28. The Hall–Kier alpha value is -1.89. The van der Waals surface area contributed by atoms with Gasteiger partial charge in [0.25, 0.3) is 5.91 Å². The van der Waals surface area contributed by atoms with Crippen molar-refractivity contribution in [2.75, 3.05) is 5.32 Å². The summed E-state index contributed by atoms with van der Waals surface area (Å²) in [6.45, 7) is 5.70. The second-order valence-corrected chi connectivity index (χ2v) is 6.66. The molecule has 0 aromatic carbocycles. The van der Waals surface area contributed by atoms with Crippen molar-refractivity contribution >= 4 is 34.1 Å². The summed E-state index contributed by atoms with van der Waals surface area (Å²) in [5, 5.41) is 14.9. The van der Waals surface area contributed by atoms with Crippen LogP contribution in [0.5, 0.6) is 0 Å². The molecule has 0 aliphatic carbocycles. The highest BCUT2D eigenvalue weighted by Gasteiger charge is 2.23. The van der Waals surface area contributed by atoms with E-state index in [4.69, 9.17) is 0 Å². The van der Waals surface area contributed by atoms with E-state index in [1.54, 1.807) is 6.07 Å². The molecule has 6 nitrogen and oxygen atoms in total. The third kappa shape index (κ3) is 6.02. The maximum atomic E-state index is 12.4. The summed E-state index contributed by atoms with van der Waals surface area (Å²) in [6.07, 6.45) is 3.07. The molecular formula is C16H24N2O4S. The van der Waals surface area contributed by atoms with E-state index in [1.165, 1.54) is 11.3 Å². The van der Waals surface area contributed by atoms with Crippen molar-refractivity contribution in [1.82, 2.24) is 5.32 Å². The number of unbranched alkanes of at least 4 members (excludes halogenated alkanes) is 1. The van der Waals surface area contributed by atoms with Crippen LogP contribution in [0, 0.1) is 6.92 Å². The number of carboxylic acids is 1. The molecule has 2 amide bonds. The van der Waals surface area contributed by atoms with Crippen LogP contribution in [0.2, 0.25) is 0 Å². The predicted molar refractivity (Wildman–Crippen MR) is 91.0 cm³/mol. The van der Waals surface area contributed by atoms with Crippen molar-refractivity contribution in [2.45, 2.75) is 58.9 Å². The van der Waals surface area contributed by atoms with Crippen molar-refractivity contribution in [3.05, 3.63) is 16.5 Å². The highest BCUT2D eigenvalue weighted by Crippen LogP contribution is 2.28. The Morgan fingerprint density at radius 3 is 2.52 bits per heavy atom. The monoisotopic (exact) mass is 340 g/mol. The van der Waals surface area contributed by atoms with Crippen LogP contribution in [0.1, 0.15) is 61.2 Å². The second-order valence-electron chi connectivity index (χ2n) is 5.40. The van der Waals surface area contributed by atoms with Crippen LogP contribution in [0.3, 0.4) is 0 Å². The Balaban J connectivity index is 2.85. The molecule has 0 saturated heterocycles. The second kappa shape index (κ2) is 9.29. The SMILES string of the molecule is CCCCC(NC(=O)c1cc(C)sc1NC(=O)CCC)C(=O)O.